The quantitative estimate of drug-likeness (QED) is 0.897. The lowest BCUT2D eigenvalue weighted by Gasteiger charge is -2.47. The highest BCUT2D eigenvalue weighted by molar-refractivity contribution is 5.68. The van der Waals surface area contributed by atoms with E-state index in [-0.39, 0.29) is 12.2 Å². The fourth-order valence-corrected chi connectivity index (χ4v) is 2.77. The lowest BCUT2D eigenvalue weighted by molar-refractivity contribution is -0.165. The van der Waals surface area contributed by atoms with Crippen LogP contribution >= 0.6 is 0 Å². The number of benzene rings is 1. The number of hydrogen-bond acceptors (Lipinski definition) is 3. The Kier molecular flexibility index (Phi) is 4.16. The summed E-state index contributed by atoms with van der Waals surface area (Å²) in [7, 11) is 0. The molecule has 1 aromatic carbocycles. The maximum Gasteiger partial charge on any atom is 0.329 e. The normalized spacial score (nSPS) is 17.8. The van der Waals surface area contributed by atoms with Gasteiger partial charge in [-0.2, -0.15) is 0 Å². The molecule has 0 atom stereocenters. The second kappa shape index (κ2) is 5.54. The molecule has 0 amide bonds. The molecular weight excluding hydrogens is 254 g/mol. The van der Waals surface area contributed by atoms with Crippen molar-refractivity contribution in [2.24, 2.45) is 0 Å². The van der Waals surface area contributed by atoms with Crippen molar-refractivity contribution >= 4 is 5.97 Å². The molecule has 0 saturated carbocycles. The van der Waals surface area contributed by atoms with Gasteiger partial charge in [-0.15, -0.1) is 0 Å². The van der Waals surface area contributed by atoms with Crippen molar-refractivity contribution in [1.82, 2.24) is 4.90 Å². The molecule has 1 heterocycles. The van der Waals surface area contributed by atoms with E-state index in [4.69, 9.17) is 9.84 Å². The number of aryl methyl sites for hydroxylation is 3. The molecule has 0 radical (unpaired) electrons. The molecule has 1 N–H and O–H groups in total. The number of hydrogen-bond donors (Lipinski definition) is 1. The van der Waals surface area contributed by atoms with Gasteiger partial charge in [0.15, 0.2) is 0 Å². The highest BCUT2D eigenvalue weighted by atomic mass is 16.5. The van der Waals surface area contributed by atoms with Gasteiger partial charge in [-0.25, -0.2) is 4.79 Å². The summed E-state index contributed by atoms with van der Waals surface area (Å²) in [6, 6.07) is 4.48. The van der Waals surface area contributed by atoms with Crippen LogP contribution in [0.5, 0.6) is 0 Å². The zero-order valence-corrected chi connectivity index (χ0v) is 12.7. The standard InChI is InChI=1S/C16H23NO3/c1-11-5-13(3)14(6-12(11)2)7-17-9-16(4,10-17)20-8-15(18)19/h5-6H,7-10H2,1-4H3,(H,18,19). The number of aliphatic carboxylic acids is 1. The first kappa shape index (κ1) is 15.0. The first-order valence-electron chi connectivity index (χ1n) is 6.94. The molecule has 2 rings (SSSR count). The molecule has 0 spiro atoms. The van der Waals surface area contributed by atoms with Crippen LogP contribution in [0, 0.1) is 20.8 Å². The lowest BCUT2D eigenvalue weighted by Crippen LogP contribution is -2.61. The van der Waals surface area contributed by atoms with Crippen LogP contribution in [0.3, 0.4) is 0 Å². The van der Waals surface area contributed by atoms with Crippen molar-refractivity contribution in [3.63, 3.8) is 0 Å². The van der Waals surface area contributed by atoms with Gasteiger partial charge in [0.2, 0.25) is 0 Å². The fraction of sp³-hybridized carbons (Fsp3) is 0.562. The molecule has 0 aliphatic carbocycles. The average molecular weight is 277 g/mol. The Morgan fingerprint density at radius 2 is 1.85 bits per heavy atom. The molecule has 0 aromatic heterocycles. The van der Waals surface area contributed by atoms with Crippen LogP contribution in [0.4, 0.5) is 0 Å². The molecule has 0 bridgehead atoms. The molecular formula is C16H23NO3. The summed E-state index contributed by atoms with van der Waals surface area (Å²) < 4.78 is 5.43. The average Bonchev–Trinajstić information content (AvgIpc) is 2.31. The summed E-state index contributed by atoms with van der Waals surface area (Å²) in [6.45, 7) is 10.6. The molecule has 1 aliphatic rings. The van der Waals surface area contributed by atoms with E-state index in [0.29, 0.717) is 0 Å². The predicted molar refractivity (Wildman–Crippen MR) is 77.9 cm³/mol. The van der Waals surface area contributed by atoms with Crippen LogP contribution in [-0.2, 0) is 16.1 Å². The summed E-state index contributed by atoms with van der Waals surface area (Å²) in [4.78, 5) is 12.8. The maximum absolute atomic E-state index is 10.5. The monoisotopic (exact) mass is 277 g/mol. The van der Waals surface area contributed by atoms with Gasteiger partial charge in [-0.05, 0) is 49.9 Å². The van der Waals surface area contributed by atoms with Gasteiger partial charge in [-0.1, -0.05) is 12.1 Å². The summed E-state index contributed by atoms with van der Waals surface area (Å²) in [5, 5.41) is 8.65. The Bertz CT molecular complexity index is 519. The van der Waals surface area contributed by atoms with Crippen molar-refractivity contribution in [1.29, 1.82) is 0 Å². The van der Waals surface area contributed by atoms with Gasteiger partial charge >= 0.3 is 5.97 Å². The molecule has 1 fully saturated rings. The number of nitrogens with zero attached hydrogens (tertiary/aromatic N) is 1. The number of ether oxygens (including phenoxy) is 1. The smallest absolute Gasteiger partial charge is 0.329 e. The predicted octanol–water partition coefficient (Wildman–Crippen LogP) is 2.29. The molecule has 1 saturated heterocycles. The van der Waals surface area contributed by atoms with Crippen LogP contribution in [0.15, 0.2) is 12.1 Å². The van der Waals surface area contributed by atoms with Gasteiger partial charge in [0.1, 0.15) is 6.61 Å². The lowest BCUT2D eigenvalue weighted by atomic mass is 9.94. The molecule has 1 aliphatic heterocycles. The fourth-order valence-electron chi connectivity index (χ4n) is 2.77. The third-order valence-corrected chi connectivity index (χ3v) is 4.01. The largest absolute Gasteiger partial charge is 0.480 e. The van der Waals surface area contributed by atoms with Crippen molar-refractivity contribution in [2.45, 2.75) is 39.8 Å². The van der Waals surface area contributed by atoms with Gasteiger partial charge < -0.3 is 9.84 Å². The van der Waals surface area contributed by atoms with Gasteiger partial charge in [0.05, 0.1) is 5.60 Å². The molecule has 20 heavy (non-hydrogen) atoms. The maximum atomic E-state index is 10.5. The third-order valence-electron chi connectivity index (χ3n) is 4.01. The minimum atomic E-state index is -0.908. The number of rotatable bonds is 5. The van der Waals surface area contributed by atoms with Crippen molar-refractivity contribution in [3.8, 4) is 0 Å². The van der Waals surface area contributed by atoms with E-state index in [1.807, 2.05) is 6.92 Å². The zero-order chi connectivity index (χ0) is 14.9. The second-order valence-corrected chi connectivity index (χ2v) is 6.14. The van der Waals surface area contributed by atoms with E-state index in [2.05, 4.69) is 37.8 Å². The molecule has 4 heteroatoms. The molecule has 0 unspecified atom stereocenters. The van der Waals surface area contributed by atoms with E-state index in [1.165, 1.54) is 22.3 Å². The Labute approximate surface area is 120 Å². The summed E-state index contributed by atoms with van der Waals surface area (Å²) in [5.41, 5.74) is 4.98. The Morgan fingerprint density at radius 3 is 2.45 bits per heavy atom. The number of carboxylic acids is 1. The van der Waals surface area contributed by atoms with Crippen LogP contribution in [0.2, 0.25) is 0 Å². The van der Waals surface area contributed by atoms with E-state index in [9.17, 15) is 4.79 Å². The second-order valence-electron chi connectivity index (χ2n) is 6.14. The highest BCUT2D eigenvalue weighted by Gasteiger charge is 2.40. The van der Waals surface area contributed by atoms with Crippen LogP contribution < -0.4 is 0 Å². The van der Waals surface area contributed by atoms with Crippen molar-refractivity contribution < 1.29 is 14.6 Å². The minimum absolute atomic E-state index is 0.215. The Hall–Kier alpha value is -1.39. The molecule has 4 nitrogen and oxygen atoms in total. The van der Waals surface area contributed by atoms with E-state index in [0.717, 1.165) is 19.6 Å². The SMILES string of the molecule is Cc1cc(C)c(CN2CC(C)(OCC(=O)O)C2)cc1C. The summed E-state index contributed by atoms with van der Waals surface area (Å²) in [6.07, 6.45) is 0. The summed E-state index contributed by atoms with van der Waals surface area (Å²) >= 11 is 0. The van der Waals surface area contributed by atoms with Crippen molar-refractivity contribution in [3.05, 3.63) is 34.4 Å². The van der Waals surface area contributed by atoms with Crippen LogP contribution in [-0.4, -0.2) is 41.3 Å². The van der Waals surface area contributed by atoms with Crippen molar-refractivity contribution in [2.75, 3.05) is 19.7 Å². The van der Waals surface area contributed by atoms with Gasteiger partial charge in [0, 0.05) is 19.6 Å². The topological polar surface area (TPSA) is 49.8 Å². The van der Waals surface area contributed by atoms with Crippen LogP contribution in [0.1, 0.15) is 29.2 Å². The van der Waals surface area contributed by atoms with E-state index >= 15 is 0 Å². The molecule has 1 aromatic rings. The van der Waals surface area contributed by atoms with Gasteiger partial charge in [0.25, 0.3) is 0 Å². The van der Waals surface area contributed by atoms with Gasteiger partial charge in [-0.3, -0.25) is 4.90 Å². The number of carbonyl (C=O) groups is 1. The Balaban J connectivity index is 1.91. The zero-order valence-electron chi connectivity index (χ0n) is 12.7. The first-order valence-corrected chi connectivity index (χ1v) is 6.94. The summed E-state index contributed by atoms with van der Waals surface area (Å²) in [5.74, 6) is -0.908. The minimum Gasteiger partial charge on any atom is -0.480 e. The first-order chi connectivity index (χ1) is 9.29. The van der Waals surface area contributed by atoms with Crippen LogP contribution in [0.25, 0.3) is 0 Å². The van der Waals surface area contributed by atoms with E-state index < -0.39 is 5.97 Å². The third kappa shape index (κ3) is 3.38. The number of carboxylic acid groups (broad SMARTS) is 1. The molecule has 110 valence electrons. The highest BCUT2D eigenvalue weighted by Crippen LogP contribution is 2.27. The number of likely N-dealkylation sites (tertiary alicyclic amines) is 1. The van der Waals surface area contributed by atoms with E-state index in [1.54, 1.807) is 0 Å². The Morgan fingerprint density at radius 1 is 1.25 bits per heavy atom.